The fourth-order valence-electron chi connectivity index (χ4n) is 2.91. The van der Waals surface area contributed by atoms with Gasteiger partial charge in [-0.3, -0.25) is 0 Å². The first-order chi connectivity index (χ1) is 11.2. The molecule has 1 saturated carbocycles. The number of nitrogens with zero attached hydrogens (tertiary/aromatic N) is 4. The second-order valence-corrected chi connectivity index (χ2v) is 6.50. The number of aliphatic imine (C=N–C) groups is 1. The highest BCUT2D eigenvalue weighted by Gasteiger charge is 2.16. The molecule has 0 spiro atoms. The van der Waals surface area contributed by atoms with E-state index in [9.17, 15) is 0 Å². The Bertz CT molecular complexity index is 493. The predicted molar refractivity (Wildman–Crippen MR) is 110 cm³/mol. The SMILES string of the molecule is CCCCCCNC(=NCc1nnc(C)n1C)NC1CCCC1.I. The summed E-state index contributed by atoms with van der Waals surface area (Å²) in [5.41, 5.74) is 0. The third-order valence-electron chi connectivity index (χ3n) is 4.58. The topological polar surface area (TPSA) is 67.1 Å². The van der Waals surface area contributed by atoms with Gasteiger partial charge in [-0.05, 0) is 26.2 Å². The summed E-state index contributed by atoms with van der Waals surface area (Å²) < 4.78 is 2.00. The van der Waals surface area contributed by atoms with E-state index in [1.165, 1.54) is 51.4 Å². The molecule has 2 rings (SSSR count). The second-order valence-electron chi connectivity index (χ2n) is 6.50. The lowest BCUT2D eigenvalue weighted by Gasteiger charge is -2.17. The van der Waals surface area contributed by atoms with Crippen molar-refractivity contribution in [3.63, 3.8) is 0 Å². The summed E-state index contributed by atoms with van der Waals surface area (Å²) in [6, 6.07) is 0.568. The summed E-state index contributed by atoms with van der Waals surface area (Å²) in [5, 5.41) is 15.4. The van der Waals surface area contributed by atoms with Crippen LogP contribution in [0.5, 0.6) is 0 Å². The molecule has 0 amide bonds. The average Bonchev–Trinajstić information content (AvgIpc) is 3.16. The molecule has 0 saturated heterocycles. The van der Waals surface area contributed by atoms with Gasteiger partial charge in [0.25, 0.3) is 0 Å². The molecule has 2 N–H and O–H groups in total. The zero-order valence-corrected chi connectivity index (χ0v) is 17.7. The minimum Gasteiger partial charge on any atom is -0.356 e. The van der Waals surface area contributed by atoms with Gasteiger partial charge in [0.2, 0.25) is 0 Å². The number of nitrogens with one attached hydrogen (secondary N) is 2. The molecule has 6 nitrogen and oxygen atoms in total. The van der Waals surface area contributed by atoms with Crippen molar-refractivity contribution >= 4 is 29.9 Å². The predicted octanol–water partition coefficient (Wildman–Crippen LogP) is 3.30. The molecule has 0 aliphatic heterocycles. The Kier molecular flexibility index (Phi) is 10.3. The van der Waals surface area contributed by atoms with Crippen molar-refractivity contribution in [1.29, 1.82) is 0 Å². The lowest BCUT2D eigenvalue weighted by Crippen LogP contribution is -2.42. The zero-order chi connectivity index (χ0) is 16.5. The maximum absolute atomic E-state index is 4.72. The van der Waals surface area contributed by atoms with Crippen LogP contribution >= 0.6 is 24.0 Å². The fraction of sp³-hybridized carbons (Fsp3) is 0.824. The third kappa shape index (κ3) is 6.94. The van der Waals surface area contributed by atoms with E-state index in [1.807, 2.05) is 18.5 Å². The number of aromatic nitrogens is 3. The molecule has 138 valence electrons. The number of guanidine groups is 1. The molecule has 0 bridgehead atoms. The first-order valence-corrected chi connectivity index (χ1v) is 9.10. The second kappa shape index (κ2) is 11.7. The largest absolute Gasteiger partial charge is 0.356 e. The summed E-state index contributed by atoms with van der Waals surface area (Å²) >= 11 is 0. The zero-order valence-electron chi connectivity index (χ0n) is 15.3. The summed E-state index contributed by atoms with van der Waals surface area (Å²) in [4.78, 5) is 4.72. The van der Waals surface area contributed by atoms with Gasteiger partial charge in [0.15, 0.2) is 11.8 Å². The Morgan fingerprint density at radius 2 is 1.96 bits per heavy atom. The average molecular weight is 448 g/mol. The normalized spacial score (nSPS) is 15.4. The van der Waals surface area contributed by atoms with Gasteiger partial charge in [0.05, 0.1) is 0 Å². The molecule has 0 atom stereocenters. The standard InChI is InChI=1S/C17H32N6.HI/c1-4-5-6-9-12-18-17(20-15-10-7-8-11-15)19-13-16-22-21-14(2)23(16)3;/h15H,4-13H2,1-3H3,(H2,18,19,20);1H. The molecule has 1 aromatic rings. The third-order valence-corrected chi connectivity index (χ3v) is 4.58. The Labute approximate surface area is 163 Å². The molecule has 1 fully saturated rings. The summed E-state index contributed by atoms with van der Waals surface area (Å²) in [6.45, 7) is 5.75. The number of hydrogen-bond donors (Lipinski definition) is 2. The molecule has 1 aromatic heterocycles. The highest BCUT2D eigenvalue weighted by molar-refractivity contribution is 14.0. The van der Waals surface area contributed by atoms with E-state index in [0.717, 1.165) is 24.2 Å². The van der Waals surface area contributed by atoms with Crippen LogP contribution in [0.4, 0.5) is 0 Å². The molecule has 24 heavy (non-hydrogen) atoms. The number of rotatable bonds is 8. The van der Waals surface area contributed by atoms with Gasteiger partial charge in [-0.25, -0.2) is 4.99 Å². The van der Waals surface area contributed by atoms with E-state index in [4.69, 9.17) is 4.99 Å². The van der Waals surface area contributed by atoms with Crippen LogP contribution in [0.25, 0.3) is 0 Å². The summed E-state index contributed by atoms with van der Waals surface area (Å²) in [7, 11) is 1.99. The number of halogens is 1. The smallest absolute Gasteiger partial charge is 0.191 e. The van der Waals surface area contributed by atoms with Crippen LogP contribution in [0.1, 0.15) is 69.9 Å². The van der Waals surface area contributed by atoms with Crippen molar-refractivity contribution in [2.45, 2.75) is 77.8 Å². The molecular weight excluding hydrogens is 415 g/mol. The van der Waals surface area contributed by atoms with Crippen molar-refractivity contribution in [3.05, 3.63) is 11.6 Å². The Morgan fingerprint density at radius 3 is 2.58 bits per heavy atom. The lowest BCUT2D eigenvalue weighted by molar-refractivity contribution is 0.598. The van der Waals surface area contributed by atoms with E-state index in [-0.39, 0.29) is 24.0 Å². The molecule has 1 heterocycles. The van der Waals surface area contributed by atoms with Crippen molar-refractivity contribution in [2.75, 3.05) is 6.54 Å². The van der Waals surface area contributed by atoms with Gasteiger partial charge in [-0.1, -0.05) is 39.0 Å². The van der Waals surface area contributed by atoms with Crippen LogP contribution in [-0.4, -0.2) is 33.3 Å². The van der Waals surface area contributed by atoms with Crippen LogP contribution in [0.15, 0.2) is 4.99 Å². The van der Waals surface area contributed by atoms with Crippen LogP contribution in [-0.2, 0) is 13.6 Å². The molecule has 0 unspecified atom stereocenters. The fourth-order valence-corrected chi connectivity index (χ4v) is 2.91. The van der Waals surface area contributed by atoms with Gasteiger partial charge in [-0.15, -0.1) is 34.2 Å². The van der Waals surface area contributed by atoms with Crippen molar-refractivity contribution in [3.8, 4) is 0 Å². The lowest BCUT2D eigenvalue weighted by atomic mass is 10.2. The van der Waals surface area contributed by atoms with Crippen molar-refractivity contribution in [2.24, 2.45) is 12.0 Å². The number of unbranched alkanes of at least 4 members (excludes halogenated alkanes) is 3. The maximum Gasteiger partial charge on any atom is 0.191 e. The molecule has 0 radical (unpaired) electrons. The number of hydrogen-bond acceptors (Lipinski definition) is 3. The van der Waals surface area contributed by atoms with Gasteiger partial charge in [0, 0.05) is 19.6 Å². The minimum atomic E-state index is 0. The van der Waals surface area contributed by atoms with Gasteiger partial charge >= 0.3 is 0 Å². The molecular formula is C17H33IN6. The highest BCUT2D eigenvalue weighted by Crippen LogP contribution is 2.17. The van der Waals surface area contributed by atoms with Crippen LogP contribution in [0, 0.1) is 6.92 Å². The first kappa shape index (κ1) is 21.2. The van der Waals surface area contributed by atoms with Gasteiger partial charge in [-0.2, -0.15) is 0 Å². The Balaban J connectivity index is 0.00000288. The Hall–Kier alpha value is -0.860. The van der Waals surface area contributed by atoms with Crippen LogP contribution < -0.4 is 10.6 Å². The molecule has 0 aromatic carbocycles. The van der Waals surface area contributed by atoms with Crippen LogP contribution in [0.2, 0.25) is 0 Å². The molecule has 1 aliphatic carbocycles. The summed E-state index contributed by atoms with van der Waals surface area (Å²) in [6.07, 6.45) is 10.2. The maximum atomic E-state index is 4.72. The molecule has 7 heteroatoms. The Morgan fingerprint density at radius 1 is 1.21 bits per heavy atom. The van der Waals surface area contributed by atoms with E-state index in [1.54, 1.807) is 0 Å². The first-order valence-electron chi connectivity index (χ1n) is 9.10. The van der Waals surface area contributed by atoms with E-state index >= 15 is 0 Å². The quantitative estimate of drug-likeness (QED) is 0.277. The van der Waals surface area contributed by atoms with E-state index < -0.39 is 0 Å². The van der Waals surface area contributed by atoms with Gasteiger partial charge in [0.1, 0.15) is 12.4 Å². The van der Waals surface area contributed by atoms with Crippen molar-refractivity contribution < 1.29 is 0 Å². The van der Waals surface area contributed by atoms with E-state index in [2.05, 4.69) is 27.8 Å². The van der Waals surface area contributed by atoms with E-state index in [0.29, 0.717) is 12.6 Å². The van der Waals surface area contributed by atoms with Crippen LogP contribution in [0.3, 0.4) is 0 Å². The minimum absolute atomic E-state index is 0. The number of aryl methyl sites for hydroxylation is 1. The molecule has 1 aliphatic rings. The van der Waals surface area contributed by atoms with Gasteiger partial charge < -0.3 is 15.2 Å². The summed E-state index contributed by atoms with van der Waals surface area (Å²) in [5.74, 6) is 2.75. The highest BCUT2D eigenvalue weighted by atomic mass is 127. The monoisotopic (exact) mass is 448 g/mol. The van der Waals surface area contributed by atoms with Crippen molar-refractivity contribution in [1.82, 2.24) is 25.4 Å².